The van der Waals surface area contributed by atoms with Crippen molar-refractivity contribution in [3.05, 3.63) is 10.1 Å². The van der Waals surface area contributed by atoms with Crippen molar-refractivity contribution in [3.8, 4) is 0 Å². The summed E-state index contributed by atoms with van der Waals surface area (Å²) < 4.78 is 7.11. The van der Waals surface area contributed by atoms with Crippen molar-refractivity contribution in [1.82, 2.24) is 4.90 Å². The quantitative estimate of drug-likeness (QED) is 0.0551. The number of alkyl halides is 1. The fourth-order valence-corrected chi connectivity index (χ4v) is 1.48. The Morgan fingerprint density at radius 3 is 1.71 bits per heavy atom. The number of hydrogen-bond acceptors (Lipinski definition) is 6. The van der Waals surface area contributed by atoms with Crippen LogP contribution < -0.4 is 5.73 Å². The van der Waals surface area contributed by atoms with E-state index in [-0.39, 0.29) is 5.96 Å². The molecule has 1 aliphatic heterocycles. The first kappa shape index (κ1) is 25.4. The van der Waals surface area contributed by atoms with Crippen LogP contribution in [0.3, 0.4) is 0 Å². The van der Waals surface area contributed by atoms with Crippen molar-refractivity contribution in [2.45, 2.75) is 30.1 Å². The zero-order valence-electron chi connectivity index (χ0n) is 12.9. The molecule has 0 aromatic heterocycles. The summed E-state index contributed by atoms with van der Waals surface area (Å²) in [5, 5.41) is 33.7. The van der Waals surface area contributed by atoms with Gasteiger partial charge in [-0.3, -0.25) is 15.5 Å². The fraction of sp³-hybridized carbons (Fsp3) is 0.900. The zero-order valence-corrected chi connectivity index (χ0v) is 15.4. The van der Waals surface area contributed by atoms with Gasteiger partial charge in [-0.2, -0.15) is 0 Å². The van der Waals surface area contributed by atoms with Crippen LogP contribution in [0, 0.1) is 15.5 Å². The largest absolute Gasteiger partial charge is 0.466 e. The van der Waals surface area contributed by atoms with E-state index in [1.807, 2.05) is 4.90 Å². The Morgan fingerprint density at radius 1 is 1.21 bits per heavy atom. The molecule has 8 N–H and O–H groups in total. The van der Waals surface area contributed by atoms with Crippen molar-refractivity contribution < 1.29 is 34.4 Å². The second kappa shape index (κ2) is 12.5. The molecule has 0 atom stereocenters. The molecule has 0 spiro atoms. The highest BCUT2D eigenvalue weighted by Gasteiger charge is 2.38. The Balaban J connectivity index is 0. The van der Waals surface area contributed by atoms with Crippen molar-refractivity contribution in [1.29, 1.82) is 5.41 Å². The molecule has 14 heteroatoms. The molecule has 1 aliphatic rings. The molecule has 0 aromatic rings. The molecule has 0 aromatic carbocycles. The average Bonchev–Trinajstić information content (AvgIpc) is 2.74. The number of nitrogens with two attached hydrogens (primary N) is 1. The van der Waals surface area contributed by atoms with E-state index in [9.17, 15) is 10.1 Å². The number of likely N-dealkylation sites (tertiary alicyclic amines) is 1. The summed E-state index contributed by atoms with van der Waals surface area (Å²) in [4.78, 5) is 32.7. The van der Waals surface area contributed by atoms with E-state index in [0.29, 0.717) is 0 Å². The summed E-state index contributed by atoms with van der Waals surface area (Å²) in [5.41, 5.74) is 5.35. The molecule has 0 aliphatic carbocycles. The van der Waals surface area contributed by atoms with Gasteiger partial charge in [-0.25, -0.2) is 4.57 Å². The van der Waals surface area contributed by atoms with E-state index in [1.165, 1.54) is 25.7 Å². The molecule has 1 heterocycles. The van der Waals surface area contributed by atoms with Crippen LogP contribution in [-0.2, 0) is 4.57 Å². The van der Waals surface area contributed by atoms with Crippen molar-refractivity contribution in [3.63, 3.8) is 0 Å². The maximum atomic E-state index is 9.92. The van der Waals surface area contributed by atoms with Gasteiger partial charge in [0.2, 0.25) is 0 Å². The summed E-state index contributed by atoms with van der Waals surface area (Å²) in [6.07, 6.45) is 4.98. The van der Waals surface area contributed by atoms with E-state index in [1.54, 1.807) is 0 Å². The van der Waals surface area contributed by atoms with E-state index >= 15 is 0 Å². The van der Waals surface area contributed by atoms with Crippen LogP contribution >= 0.6 is 23.8 Å². The Hall–Kier alpha value is -0.820. The molecule has 0 bridgehead atoms. The van der Waals surface area contributed by atoms with Crippen LogP contribution in [0.5, 0.6) is 0 Å². The van der Waals surface area contributed by atoms with Crippen LogP contribution in [0.2, 0.25) is 0 Å². The Bertz CT molecular complexity index is 415. The first-order valence-electron chi connectivity index (χ1n) is 6.79. The topological polar surface area (TPSA) is 214 Å². The standard InChI is InChI=1S/C7H15N3.C3H6BrNO4.H3O4P/c8-7(9)10-5-3-1-2-4-6-10;4-3(1-6,2-7)5(8)9;1-5(2,3)4/h1-6H2,(H3,8,9);6-7H,1-2H2;(H3,1,2,3,4). The van der Waals surface area contributed by atoms with Gasteiger partial charge in [-0.1, -0.05) is 12.8 Å². The third-order valence-electron chi connectivity index (χ3n) is 2.76. The minimum atomic E-state index is -4.64. The minimum absolute atomic E-state index is 0.238. The molecule has 1 rings (SSSR count). The third kappa shape index (κ3) is 14.8. The van der Waals surface area contributed by atoms with E-state index < -0.39 is 30.4 Å². The lowest BCUT2D eigenvalue weighted by atomic mass is 10.2. The third-order valence-corrected chi connectivity index (χ3v) is 3.55. The predicted octanol–water partition coefficient (Wildman–Crippen LogP) is -0.834. The summed E-state index contributed by atoms with van der Waals surface area (Å²) in [7, 11) is -4.64. The Morgan fingerprint density at radius 2 is 1.54 bits per heavy atom. The Labute approximate surface area is 147 Å². The number of guanidine groups is 1. The maximum Gasteiger partial charge on any atom is 0.466 e. The maximum absolute atomic E-state index is 9.92. The van der Waals surface area contributed by atoms with Gasteiger partial charge < -0.3 is 35.5 Å². The second-order valence-corrected chi connectivity index (χ2v) is 7.29. The molecular formula is C10H24BrN4O8P. The van der Waals surface area contributed by atoms with Gasteiger partial charge in [-0.15, -0.1) is 0 Å². The number of halogens is 1. The molecule has 12 nitrogen and oxygen atoms in total. The number of nitrogens with zero attached hydrogens (tertiary/aromatic N) is 2. The molecule has 1 fully saturated rings. The minimum Gasteiger partial charge on any atom is -0.388 e. The van der Waals surface area contributed by atoms with Gasteiger partial charge in [0, 0.05) is 33.9 Å². The van der Waals surface area contributed by atoms with Gasteiger partial charge in [0.15, 0.2) is 5.96 Å². The van der Waals surface area contributed by atoms with Crippen molar-refractivity contribution in [2.75, 3.05) is 26.3 Å². The van der Waals surface area contributed by atoms with Gasteiger partial charge in [0.05, 0.1) is 0 Å². The number of hydrogen-bond donors (Lipinski definition) is 7. The number of phosphoric acid groups is 1. The van der Waals surface area contributed by atoms with E-state index in [0.717, 1.165) is 13.1 Å². The number of aliphatic hydroxyl groups is 2. The number of nitro groups is 1. The second-order valence-electron chi connectivity index (χ2n) is 4.79. The van der Waals surface area contributed by atoms with E-state index in [4.69, 9.17) is 40.6 Å². The van der Waals surface area contributed by atoms with Gasteiger partial charge in [0.25, 0.3) is 0 Å². The van der Waals surface area contributed by atoms with Crippen LogP contribution in [0.15, 0.2) is 0 Å². The Kier molecular flexibility index (Phi) is 13.3. The molecule has 1 saturated heterocycles. The van der Waals surface area contributed by atoms with E-state index in [2.05, 4.69) is 15.9 Å². The normalized spacial score (nSPS) is 15.2. The number of aliphatic hydroxyl groups excluding tert-OH is 2. The number of nitrogens with one attached hydrogen (secondary N) is 1. The lowest BCUT2D eigenvalue weighted by molar-refractivity contribution is -0.542. The molecule has 0 radical (unpaired) electrons. The molecule has 0 saturated carbocycles. The molecule has 24 heavy (non-hydrogen) atoms. The summed E-state index contributed by atoms with van der Waals surface area (Å²) in [5.74, 6) is 0.238. The first-order valence-corrected chi connectivity index (χ1v) is 9.15. The molecular weight excluding hydrogens is 415 g/mol. The molecule has 0 unspecified atom stereocenters. The van der Waals surface area contributed by atoms with Crippen LogP contribution in [0.25, 0.3) is 0 Å². The highest BCUT2D eigenvalue weighted by atomic mass is 79.9. The lowest BCUT2D eigenvalue weighted by Gasteiger charge is -2.19. The van der Waals surface area contributed by atoms with Gasteiger partial charge >= 0.3 is 12.3 Å². The zero-order chi connectivity index (χ0) is 19.4. The predicted molar refractivity (Wildman–Crippen MR) is 89.0 cm³/mol. The lowest BCUT2D eigenvalue weighted by Crippen LogP contribution is -2.39. The van der Waals surface area contributed by atoms with Gasteiger partial charge in [0.1, 0.15) is 13.2 Å². The fourth-order valence-electron chi connectivity index (χ4n) is 1.48. The van der Waals surface area contributed by atoms with Crippen molar-refractivity contribution >= 4 is 29.7 Å². The smallest absolute Gasteiger partial charge is 0.388 e. The highest BCUT2D eigenvalue weighted by Crippen LogP contribution is 2.25. The van der Waals surface area contributed by atoms with Gasteiger partial charge in [-0.05, 0) is 12.8 Å². The highest BCUT2D eigenvalue weighted by molar-refractivity contribution is 9.10. The molecule has 144 valence electrons. The summed E-state index contributed by atoms with van der Waals surface area (Å²) in [6, 6.07) is 0. The van der Waals surface area contributed by atoms with Crippen LogP contribution in [0.1, 0.15) is 25.7 Å². The number of rotatable bonds is 3. The molecule has 0 amide bonds. The average molecular weight is 439 g/mol. The van der Waals surface area contributed by atoms with Crippen LogP contribution in [-0.4, -0.2) is 71.4 Å². The SMILES string of the molecule is N=C(N)N1CCCCCC1.O=P(O)(O)O.O=[N+]([O-])C(Br)(CO)CO. The monoisotopic (exact) mass is 438 g/mol. The van der Waals surface area contributed by atoms with Crippen molar-refractivity contribution in [2.24, 2.45) is 5.73 Å². The summed E-state index contributed by atoms with van der Waals surface area (Å²) >= 11 is 2.55. The summed E-state index contributed by atoms with van der Waals surface area (Å²) in [6.45, 7) is 0.512. The first-order chi connectivity index (χ1) is 10.9. The van der Waals surface area contributed by atoms with Crippen LogP contribution in [0.4, 0.5) is 0 Å².